The van der Waals surface area contributed by atoms with Crippen molar-refractivity contribution in [1.29, 1.82) is 0 Å². The van der Waals surface area contributed by atoms with Crippen LogP contribution >= 0.6 is 0 Å². The fraction of sp³-hybridized carbons (Fsp3) is 0.909. The van der Waals surface area contributed by atoms with E-state index in [-0.39, 0.29) is 0 Å². The van der Waals surface area contributed by atoms with Gasteiger partial charge in [-0.25, -0.2) is 0 Å². The minimum absolute atomic E-state index is 0.474. The van der Waals surface area contributed by atoms with E-state index in [1.54, 1.807) is 0 Å². The van der Waals surface area contributed by atoms with Crippen LogP contribution in [-0.4, -0.2) is 29.3 Å². The molecule has 1 saturated heterocycles. The molecule has 1 aliphatic carbocycles. The van der Waals surface area contributed by atoms with Gasteiger partial charge in [-0.1, -0.05) is 6.92 Å². The number of rotatable bonds is 1. The molecule has 2 rings (SSSR count). The van der Waals surface area contributed by atoms with Crippen LogP contribution in [0.15, 0.2) is 0 Å². The molecule has 3 unspecified atom stereocenters. The lowest BCUT2D eigenvalue weighted by Gasteiger charge is -2.48. The zero-order chi connectivity index (χ0) is 9.42. The summed E-state index contributed by atoms with van der Waals surface area (Å²) in [6, 6.07) is 1.28. The molecule has 2 heteroatoms. The molecule has 74 valence electrons. The molecule has 2 aliphatic rings. The Balaban J connectivity index is 1.99. The normalized spacial score (nSPS) is 41.7. The number of Topliss-reactive ketones (excluding diaryl/α,β-unsaturated/α-hetero) is 1. The van der Waals surface area contributed by atoms with E-state index in [1.807, 2.05) is 0 Å². The first kappa shape index (κ1) is 9.20. The molecule has 1 saturated carbocycles. The van der Waals surface area contributed by atoms with E-state index >= 15 is 0 Å². The van der Waals surface area contributed by atoms with Crippen molar-refractivity contribution in [3.63, 3.8) is 0 Å². The van der Waals surface area contributed by atoms with E-state index in [1.165, 1.54) is 13.0 Å². The highest BCUT2D eigenvalue weighted by molar-refractivity contribution is 5.79. The Hall–Kier alpha value is -0.370. The Morgan fingerprint density at radius 1 is 1.31 bits per heavy atom. The maximum absolute atomic E-state index is 11.3. The van der Waals surface area contributed by atoms with E-state index in [0.717, 1.165) is 31.2 Å². The molecule has 0 bridgehead atoms. The topological polar surface area (TPSA) is 20.3 Å². The van der Waals surface area contributed by atoms with Gasteiger partial charge in [0.15, 0.2) is 0 Å². The highest BCUT2D eigenvalue weighted by Gasteiger charge is 2.36. The molecule has 2 nitrogen and oxygen atoms in total. The number of ketones is 1. The van der Waals surface area contributed by atoms with E-state index in [0.29, 0.717) is 11.8 Å². The molecule has 13 heavy (non-hydrogen) atoms. The van der Waals surface area contributed by atoms with Crippen LogP contribution in [0.2, 0.25) is 0 Å². The lowest BCUT2D eigenvalue weighted by atomic mass is 9.81. The van der Waals surface area contributed by atoms with Crippen LogP contribution in [-0.2, 0) is 4.79 Å². The van der Waals surface area contributed by atoms with Gasteiger partial charge in [-0.15, -0.1) is 0 Å². The van der Waals surface area contributed by atoms with Crippen molar-refractivity contribution in [2.75, 3.05) is 6.54 Å². The predicted molar refractivity (Wildman–Crippen MR) is 52.6 cm³/mol. The second kappa shape index (κ2) is 3.41. The first-order chi connectivity index (χ1) is 6.18. The van der Waals surface area contributed by atoms with Crippen LogP contribution < -0.4 is 0 Å². The van der Waals surface area contributed by atoms with E-state index < -0.39 is 0 Å². The van der Waals surface area contributed by atoms with Crippen molar-refractivity contribution in [1.82, 2.24) is 4.90 Å². The SMILES string of the molecule is CC1CCC(=O)CC1N1CCC1C. The van der Waals surface area contributed by atoms with E-state index in [9.17, 15) is 4.79 Å². The average Bonchev–Trinajstić information content (AvgIpc) is 2.09. The highest BCUT2D eigenvalue weighted by atomic mass is 16.1. The Labute approximate surface area is 80.3 Å². The lowest BCUT2D eigenvalue weighted by molar-refractivity contribution is -0.125. The van der Waals surface area contributed by atoms with E-state index in [4.69, 9.17) is 0 Å². The van der Waals surface area contributed by atoms with Gasteiger partial charge >= 0.3 is 0 Å². The number of carbonyl (C=O) groups is 1. The van der Waals surface area contributed by atoms with Crippen LogP contribution in [0.5, 0.6) is 0 Å². The molecule has 1 heterocycles. The molecule has 3 atom stereocenters. The van der Waals surface area contributed by atoms with Crippen molar-refractivity contribution in [2.24, 2.45) is 5.92 Å². The van der Waals surface area contributed by atoms with Gasteiger partial charge in [-0.2, -0.15) is 0 Å². The minimum atomic E-state index is 0.474. The zero-order valence-corrected chi connectivity index (χ0v) is 8.62. The number of likely N-dealkylation sites (tertiary alicyclic amines) is 1. The number of hydrogen-bond acceptors (Lipinski definition) is 2. The maximum Gasteiger partial charge on any atom is 0.134 e. The third-order valence-corrected chi connectivity index (χ3v) is 3.77. The van der Waals surface area contributed by atoms with Crippen molar-refractivity contribution in [3.05, 3.63) is 0 Å². The van der Waals surface area contributed by atoms with Crippen LogP contribution in [0, 0.1) is 5.92 Å². The average molecular weight is 181 g/mol. The minimum Gasteiger partial charge on any atom is -0.300 e. The highest BCUT2D eigenvalue weighted by Crippen LogP contribution is 2.31. The van der Waals surface area contributed by atoms with E-state index in [2.05, 4.69) is 18.7 Å². The van der Waals surface area contributed by atoms with Gasteiger partial charge in [0.2, 0.25) is 0 Å². The molecular formula is C11H19NO. The van der Waals surface area contributed by atoms with Crippen LogP contribution in [0.4, 0.5) is 0 Å². The summed E-state index contributed by atoms with van der Waals surface area (Å²) < 4.78 is 0. The number of hydrogen-bond donors (Lipinski definition) is 0. The zero-order valence-electron chi connectivity index (χ0n) is 8.62. The molecule has 0 aromatic heterocycles. The van der Waals surface area contributed by atoms with Crippen LogP contribution in [0.25, 0.3) is 0 Å². The van der Waals surface area contributed by atoms with Crippen LogP contribution in [0.1, 0.15) is 39.5 Å². The van der Waals surface area contributed by atoms with Crippen molar-refractivity contribution >= 4 is 5.78 Å². The molecule has 2 fully saturated rings. The molecule has 0 aromatic rings. The molecule has 1 aliphatic heterocycles. The Morgan fingerprint density at radius 3 is 2.62 bits per heavy atom. The summed E-state index contributed by atoms with van der Waals surface area (Å²) in [7, 11) is 0. The van der Waals surface area contributed by atoms with Gasteiger partial charge in [0.1, 0.15) is 5.78 Å². The molecule has 0 radical (unpaired) electrons. The molecule has 0 aromatic carbocycles. The van der Waals surface area contributed by atoms with Crippen molar-refractivity contribution in [2.45, 2.75) is 51.6 Å². The van der Waals surface area contributed by atoms with Gasteiger partial charge in [0.25, 0.3) is 0 Å². The standard InChI is InChI=1S/C11H19NO/c1-8-3-4-10(13)7-11(8)12-6-5-9(12)2/h8-9,11H,3-7H2,1-2H3. The second-order valence-corrected chi connectivity index (χ2v) is 4.70. The molecule has 0 N–H and O–H groups in total. The fourth-order valence-electron chi connectivity index (χ4n) is 2.59. The second-order valence-electron chi connectivity index (χ2n) is 4.70. The molecule has 0 spiro atoms. The number of nitrogens with zero attached hydrogens (tertiary/aromatic N) is 1. The lowest BCUT2D eigenvalue weighted by Crippen LogP contribution is -2.55. The van der Waals surface area contributed by atoms with Gasteiger partial charge in [-0.05, 0) is 25.7 Å². The Bertz CT molecular complexity index is 214. The maximum atomic E-state index is 11.3. The Morgan fingerprint density at radius 2 is 2.08 bits per heavy atom. The van der Waals surface area contributed by atoms with Gasteiger partial charge in [0, 0.05) is 31.5 Å². The first-order valence-electron chi connectivity index (χ1n) is 5.46. The summed E-state index contributed by atoms with van der Waals surface area (Å²) in [5.74, 6) is 1.20. The summed E-state index contributed by atoms with van der Waals surface area (Å²) in [5.41, 5.74) is 0. The molecular weight excluding hydrogens is 162 g/mol. The largest absolute Gasteiger partial charge is 0.300 e. The van der Waals surface area contributed by atoms with Crippen molar-refractivity contribution in [3.8, 4) is 0 Å². The van der Waals surface area contributed by atoms with Crippen LogP contribution in [0.3, 0.4) is 0 Å². The monoisotopic (exact) mass is 181 g/mol. The smallest absolute Gasteiger partial charge is 0.134 e. The quantitative estimate of drug-likeness (QED) is 0.615. The number of carbonyl (C=O) groups excluding carboxylic acids is 1. The van der Waals surface area contributed by atoms with Gasteiger partial charge < -0.3 is 0 Å². The van der Waals surface area contributed by atoms with Gasteiger partial charge in [-0.3, -0.25) is 9.69 Å². The summed E-state index contributed by atoms with van der Waals surface area (Å²) in [6.45, 7) is 5.78. The predicted octanol–water partition coefficient (Wildman–Crippen LogP) is 1.84. The summed E-state index contributed by atoms with van der Waals surface area (Å²) in [4.78, 5) is 13.9. The summed E-state index contributed by atoms with van der Waals surface area (Å²) >= 11 is 0. The van der Waals surface area contributed by atoms with Crippen molar-refractivity contribution < 1.29 is 4.79 Å². The third kappa shape index (κ3) is 1.64. The first-order valence-corrected chi connectivity index (χ1v) is 5.46. The Kier molecular flexibility index (Phi) is 2.41. The van der Waals surface area contributed by atoms with Gasteiger partial charge in [0.05, 0.1) is 0 Å². The molecule has 0 amide bonds. The summed E-state index contributed by atoms with van der Waals surface area (Å²) in [5, 5.41) is 0. The fourth-order valence-corrected chi connectivity index (χ4v) is 2.59. The third-order valence-electron chi connectivity index (χ3n) is 3.77. The summed E-state index contributed by atoms with van der Waals surface area (Å²) in [6.07, 6.45) is 4.05.